The van der Waals surface area contributed by atoms with E-state index in [1.165, 1.54) is 24.5 Å². The molecule has 0 unspecified atom stereocenters. The molecule has 2 heterocycles. The molecule has 8 heteroatoms. The molecule has 1 aromatic carbocycles. The normalized spacial score (nSPS) is 15.4. The molecule has 1 amide bonds. The standard InChI is InChI=1S/C18H19F3N4O/c19-18(20,21)13-6-5-7-14(10-13)24-16-11-15(22-12-23-16)17(26)25-8-3-1-2-4-9-25/h5-7,10-12H,1-4,8-9H2,(H,22,23,24). The van der Waals surface area contributed by atoms with Gasteiger partial charge in [0.1, 0.15) is 17.8 Å². The number of carbonyl (C=O) groups excluding carboxylic acids is 1. The van der Waals surface area contributed by atoms with E-state index in [-0.39, 0.29) is 23.1 Å². The highest BCUT2D eigenvalue weighted by Gasteiger charge is 2.30. The minimum atomic E-state index is -4.42. The second kappa shape index (κ2) is 7.72. The summed E-state index contributed by atoms with van der Waals surface area (Å²) in [6.07, 6.45) is 0.961. The topological polar surface area (TPSA) is 58.1 Å². The Morgan fingerprint density at radius 1 is 1.04 bits per heavy atom. The highest BCUT2D eigenvalue weighted by Crippen LogP contribution is 2.31. The van der Waals surface area contributed by atoms with Gasteiger partial charge in [0.25, 0.3) is 5.91 Å². The molecule has 138 valence electrons. The van der Waals surface area contributed by atoms with E-state index in [0.29, 0.717) is 13.1 Å². The first-order valence-corrected chi connectivity index (χ1v) is 8.49. The number of anilines is 2. The van der Waals surface area contributed by atoms with Crippen molar-refractivity contribution in [3.8, 4) is 0 Å². The van der Waals surface area contributed by atoms with Gasteiger partial charge in [0.15, 0.2) is 0 Å². The van der Waals surface area contributed by atoms with E-state index in [1.54, 1.807) is 4.90 Å². The Bertz CT molecular complexity index is 771. The van der Waals surface area contributed by atoms with Crippen molar-refractivity contribution in [1.29, 1.82) is 0 Å². The van der Waals surface area contributed by atoms with Crippen LogP contribution >= 0.6 is 0 Å². The molecular formula is C18H19F3N4O. The minimum absolute atomic E-state index is 0.179. The number of nitrogens with zero attached hydrogens (tertiary/aromatic N) is 3. The minimum Gasteiger partial charge on any atom is -0.340 e. The summed E-state index contributed by atoms with van der Waals surface area (Å²) in [5.41, 5.74) is -0.277. The van der Waals surface area contributed by atoms with E-state index in [0.717, 1.165) is 37.8 Å². The summed E-state index contributed by atoms with van der Waals surface area (Å²) in [5.74, 6) is 0.0962. The van der Waals surface area contributed by atoms with Crippen molar-refractivity contribution in [1.82, 2.24) is 14.9 Å². The highest BCUT2D eigenvalue weighted by atomic mass is 19.4. The lowest BCUT2D eigenvalue weighted by atomic mass is 10.2. The van der Waals surface area contributed by atoms with Crippen molar-refractivity contribution in [2.75, 3.05) is 18.4 Å². The summed E-state index contributed by atoms with van der Waals surface area (Å²) in [6, 6.07) is 6.29. The number of aromatic nitrogens is 2. The Balaban J connectivity index is 1.76. The van der Waals surface area contributed by atoms with Crippen molar-refractivity contribution in [2.45, 2.75) is 31.9 Å². The van der Waals surface area contributed by atoms with E-state index in [9.17, 15) is 18.0 Å². The van der Waals surface area contributed by atoms with Gasteiger partial charge < -0.3 is 10.2 Å². The summed E-state index contributed by atoms with van der Waals surface area (Å²) in [7, 11) is 0. The van der Waals surface area contributed by atoms with Crippen molar-refractivity contribution in [2.24, 2.45) is 0 Å². The summed E-state index contributed by atoms with van der Waals surface area (Å²) in [5, 5.41) is 2.81. The molecule has 26 heavy (non-hydrogen) atoms. The molecule has 1 fully saturated rings. The third kappa shape index (κ3) is 4.50. The molecule has 1 saturated heterocycles. The maximum absolute atomic E-state index is 12.8. The van der Waals surface area contributed by atoms with Crippen LogP contribution in [-0.4, -0.2) is 33.9 Å². The van der Waals surface area contributed by atoms with Crippen molar-refractivity contribution >= 4 is 17.4 Å². The number of rotatable bonds is 3. The van der Waals surface area contributed by atoms with Gasteiger partial charge >= 0.3 is 6.18 Å². The zero-order valence-electron chi connectivity index (χ0n) is 14.1. The molecule has 1 aliphatic rings. The van der Waals surface area contributed by atoms with Crippen molar-refractivity contribution in [3.63, 3.8) is 0 Å². The van der Waals surface area contributed by atoms with Gasteiger partial charge in [0.2, 0.25) is 0 Å². The van der Waals surface area contributed by atoms with Gasteiger partial charge in [-0.1, -0.05) is 18.9 Å². The van der Waals surface area contributed by atoms with Crippen LogP contribution in [0.5, 0.6) is 0 Å². The number of carbonyl (C=O) groups is 1. The lowest BCUT2D eigenvalue weighted by molar-refractivity contribution is -0.137. The molecule has 1 N–H and O–H groups in total. The van der Waals surface area contributed by atoms with E-state index in [2.05, 4.69) is 15.3 Å². The van der Waals surface area contributed by atoms with Gasteiger partial charge in [0, 0.05) is 24.8 Å². The molecule has 2 aromatic rings. The SMILES string of the molecule is O=C(c1cc(Nc2cccc(C(F)(F)F)c2)ncn1)N1CCCCCC1. The maximum atomic E-state index is 12.8. The Hall–Kier alpha value is -2.64. The number of hydrogen-bond donors (Lipinski definition) is 1. The lowest BCUT2D eigenvalue weighted by Crippen LogP contribution is -2.32. The van der Waals surface area contributed by atoms with Gasteiger partial charge in [-0.15, -0.1) is 0 Å². The van der Waals surface area contributed by atoms with Crippen LogP contribution in [0.1, 0.15) is 41.7 Å². The number of alkyl halides is 3. The molecule has 1 aromatic heterocycles. The molecule has 1 aliphatic heterocycles. The Kier molecular flexibility index (Phi) is 5.39. The van der Waals surface area contributed by atoms with E-state index >= 15 is 0 Å². The first-order valence-electron chi connectivity index (χ1n) is 8.49. The van der Waals surface area contributed by atoms with Crippen molar-refractivity contribution in [3.05, 3.63) is 47.9 Å². The van der Waals surface area contributed by atoms with Crippen LogP contribution in [0.25, 0.3) is 0 Å². The van der Waals surface area contributed by atoms with Gasteiger partial charge in [0.05, 0.1) is 5.56 Å². The zero-order valence-corrected chi connectivity index (χ0v) is 14.1. The van der Waals surface area contributed by atoms with Crippen LogP contribution in [-0.2, 0) is 6.18 Å². The van der Waals surface area contributed by atoms with Gasteiger partial charge in [-0.2, -0.15) is 13.2 Å². The Labute approximate surface area is 149 Å². The van der Waals surface area contributed by atoms with E-state index < -0.39 is 11.7 Å². The predicted molar refractivity (Wildman–Crippen MR) is 91.1 cm³/mol. The van der Waals surface area contributed by atoms with Crippen molar-refractivity contribution < 1.29 is 18.0 Å². The highest BCUT2D eigenvalue weighted by molar-refractivity contribution is 5.93. The molecule has 0 atom stereocenters. The third-order valence-electron chi connectivity index (χ3n) is 4.24. The summed E-state index contributed by atoms with van der Waals surface area (Å²) in [6.45, 7) is 1.39. The monoisotopic (exact) mass is 364 g/mol. The third-order valence-corrected chi connectivity index (χ3v) is 4.24. The second-order valence-corrected chi connectivity index (χ2v) is 6.20. The van der Waals surface area contributed by atoms with E-state index in [1.807, 2.05) is 0 Å². The largest absolute Gasteiger partial charge is 0.416 e. The van der Waals surface area contributed by atoms with Gasteiger partial charge in [-0.25, -0.2) is 9.97 Å². The van der Waals surface area contributed by atoms with Crippen LogP contribution in [0.2, 0.25) is 0 Å². The predicted octanol–water partition coefficient (Wildman–Crippen LogP) is 4.26. The molecule has 0 saturated carbocycles. The molecule has 0 radical (unpaired) electrons. The Morgan fingerprint density at radius 3 is 2.46 bits per heavy atom. The summed E-state index contributed by atoms with van der Waals surface area (Å²) >= 11 is 0. The average Bonchev–Trinajstić information content (AvgIpc) is 2.90. The number of amides is 1. The number of nitrogens with one attached hydrogen (secondary N) is 1. The maximum Gasteiger partial charge on any atom is 0.416 e. The molecule has 0 spiro atoms. The quantitative estimate of drug-likeness (QED) is 0.884. The second-order valence-electron chi connectivity index (χ2n) is 6.20. The number of halogens is 3. The molecule has 5 nitrogen and oxygen atoms in total. The lowest BCUT2D eigenvalue weighted by Gasteiger charge is -2.19. The fourth-order valence-corrected chi connectivity index (χ4v) is 2.90. The molecule has 3 rings (SSSR count). The van der Waals surface area contributed by atoms with E-state index in [4.69, 9.17) is 0 Å². The van der Waals surface area contributed by atoms with Gasteiger partial charge in [-0.3, -0.25) is 4.79 Å². The number of hydrogen-bond acceptors (Lipinski definition) is 4. The molecule has 0 bridgehead atoms. The number of benzene rings is 1. The molecule has 0 aliphatic carbocycles. The summed E-state index contributed by atoms with van der Waals surface area (Å²) in [4.78, 5) is 22.4. The van der Waals surface area contributed by atoms with Crippen LogP contribution in [0.15, 0.2) is 36.7 Å². The first kappa shape index (κ1) is 18.2. The van der Waals surface area contributed by atoms with Gasteiger partial charge in [-0.05, 0) is 31.0 Å². The zero-order chi connectivity index (χ0) is 18.6. The smallest absolute Gasteiger partial charge is 0.340 e. The fourth-order valence-electron chi connectivity index (χ4n) is 2.90. The average molecular weight is 364 g/mol. The van der Waals surface area contributed by atoms with Crippen LogP contribution in [0.4, 0.5) is 24.7 Å². The van der Waals surface area contributed by atoms with Crippen LogP contribution < -0.4 is 5.32 Å². The van der Waals surface area contributed by atoms with Crippen LogP contribution in [0.3, 0.4) is 0 Å². The first-order chi connectivity index (χ1) is 12.4. The molecular weight excluding hydrogens is 345 g/mol. The Morgan fingerprint density at radius 2 is 1.77 bits per heavy atom. The summed E-state index contributed by atoms with van der Waals surface area (Å²) < 4.78 is 38.4. The number of likely N-dealkylation sites (tertiary alicyclic amines) is 1. The fraction of sp³-hybridized carbons (Fsp3) is 0.389. The van der Waals surface area contributed by atoms with Crippen LogP contribution in [0, 0.1) is 0 Å².